The smallest absolute Gasteiger partial charge is 0.0695 e. The molecular weight excluding hydrogens is 184 g/mol. The first kappa shape index (κ1) is 12.4. The van der Waals surface area contributed by atoms with Gasteiger partial charge in [-0.3, -0.25) is 0 Å². The van der Waals surface area contributed by atoms with Crippen LogP contribution in [0.4, 0.5) is 0 Å². The minimum absolute atomic E-state index is 0.511. The maximum absolute atomic E-state index is 5.43. The first-order chi connectivity index (χ1) is 5.63. The fraction of sp³-hybridized carbons (Fsp3) is 1.00. The molecule has 2 nitrogen and oxygen atoms in total. The predicted molar refractivity (Wildman–Crippen MR) is 59.4 cm³/mol. The first-order valence-electron chi connectivity index (χ1n) is 4.78. The zero-order chi connectivity index (χ0) is 9.40. The van der Waals surface area contributed by atoms with Crippen molar-refractivity contribution in [3.8, 4) is 0 Å². The Kier molecular flexibility index (Phi) is 8.21. The molecule has 0 saturated carbocycles. The molecule has 0 unspecified atom stereocenters. The SMILES string of the molecule is C[SiH](C)COCCOC[SiH](C)C. The molecule has 0 spiro atoms. The first-order valence-corrected chi connectivity index (χ1v) is 11.0. The summed E-state index contributed by atoms with van der Waals surface area (Å²) < 4.78 is 10.9. The van der Waals surface area contributed by atoms with Gasteiger partial charge in [0.2, 0.25) is 0 Å². The molecule has 0 aromatic heterocycles. The Labute approximate surface area is 79.5 Å². The van der Waals surface area contributed by atoms with Crippen molar-refractivity contribution >= 4 is 17.6 Å². The number of ether oxygens (including phenoxy) is 2. The van der Waals surface area contributed by atoms with Crippen LogP contribution in [0.25, 0.3) is 0 Å². The summed E-state index contributed by atoms with van der Waals surface area (Å²) in [6, 6.07) is 0. The molecule has 0 saturated heterocycles. The lowest BCUT2D eigenvalue weighted by Gasteiger charge is -2.07. The molecule has 0 atom stereocenters. The van der Waals surface area contributed by atoms with E-state index in [1.165, 1.54) is 0 Å². The summed E-state index contributed by atoms with van der Waals surface area (Å²) in [5.74, 6) is 0. The largest absolute Gasteiger partial charge is 0.383 e. The van der Waals surface area contributed by atoms with E-state index in [1.807, 2.05) is 0 Å². The summed E-state index contributed by atoms with van der Waals surface area (Å²) in [6.07, 6.45) is 1.98. The molecule has 0 bridgehead atoms. The topological polar surface area (TPSA) is 18.5 Å². The Morgan fingerprint density at radius 2 is 1.08 bits per heavy atom. The van der Waals surface area contributed by atoms with Crippen LogP contribution < -0.4 is 0 Å². The predicted octanol–water partition coefficient (Wildman–Crippen LogP) is 1.07. The molecule has 0 aromatic rings. The van der Waals surface area contributed by atoms with E-state index in [0.717, 1.165) is 25.7 Å². The van der Waals surface area contributed by atoms with Crippen molar-refractivity contribution in [1.29, 1.82) is 0 Å². The van der Waals surface area contributed by atoms with E-state index in [9.17, 15) is 0 Å². The van der Waals surface area contributed by atoms with Crippen molar-refractivity contribution in [2.75, 3.05) is 25.7 Å². The Morgan fingerprint density at radius 3 is 1.33 bits per heavy atom. The van der Waals surface area contributed by atoms with Crippen LogP contribution in [-0.2, 0) is 9.47 Å². The zero-order valence-electron chi connectivity index (χ0n) is 8.80. The van der Waals surface area contributed by atoms with E-state index in [1.54, 1.807) is 0 Å². The van der Waals surface area contributed by atoms with E-state index < -0.39 is 17.6 Å². The number of hydrogen-bond acceptors (Lipinski definition) is 2. The third-order valence-corrected chi connectivity index (χ3v) is 3.08. The van der Waals surface area contributed by atoms with E-state index >= 15 is 0 Å². The van der Waals surface area contributed by atoms with Gasteiger partial charge in [0.05, 0.1) is 30.8 Å². The van der Waals surface area contributed by atoms with Crippen LogP contribution in [0.5, 0.6) is 0 Å². The normalized spacial score (nSPS) is 11.5. The highest BCUT2D eigenvalue weighted by atomic mass is 28.3. The molecule has 0 radical (unpaired) electrons. The number of hydrogen-bond donors (Lipinski definition) is 0. The van der Waals surface area contributed by atoms with Crippen LogP contribution >= 0.6 is 0 Å². The quantitative estimate of drug-likeness (QED) is 0.458. The highest BCUT2D eigenvalue weighted by Gasteiger charge is 1.97. The monoisotopic (exact) mass is 206 g/mol. The van der Waals surface area contributed by atoms with Crippen molar-refractivity contribution in [2.45, 2.75) is 26.2 Å². The summed E-state index contributed by atoms with van der Waals surface area (Å²) >= 11 is 0. The molecule has 0 rings (SSSR count). The van der Waals surface area contributed by atoms with Crippen LogP contribution in [0.1, 0.15) is 0 Å². The van der Waals surface area contributed by atoms with Gasteiger partial charge in [-0.2, -0.15) is 0 Å². The summed E-state index contributed by atoms with van der Waals surface area (Å²) in [6.45, 7) is 10.7. The van der Waals surface area contributed by atoms with E-state index in [2.05, 4.69) is 26.2 Å². The van der Waals surface area contributed by atoms with Crippen molar-refractivity contribution in [2.24, 2.45) is 0 Å². The molecule has 0 aromatic carbocycles. The molecule has 4 heteroatoms. The summed E-state index contributed by atoms with van der Waals surface area (Å²) in [5, 5.41) is 0. The highest BCUT2D eigenvalue weighted by Crippen LogP contribution is 1.85. The highest BCUT2D eigenvalue weighted by molar-refractivity contribution is 6.55. The third kappa shape index (κ3) is 10.4. The lowest BCUT2D eigenvalue weighted by Crippen LogP contribution is -2.17. The summed E-state index contributed by atoms with van der Waals surface area (Å²) in [7, 11) is -1.02. The average Bonchev–Trinajstić information content (AvgIpc) is 1.95. The van der Waals surface area contributed by atoms with E-state index in [0.29, 0.717) is 0 Å². The van der Waals surface area contributed by atoms with Gasteiger partial charge in [0, 0.05) is 12.5 Å². The molecule has 0 N–H and O–H groups in total. The van der Waals surface area contributed by atoms with Gasteiger partial charge in [0.1, 0.15) is 0 Å². The van der Waals surface area contributed by atoms with E-state index in [4.69, 9.17) is 9.47 Å². The fourth-order valence-corrected chi connectivity index (χ4v) is 2.03. The molecule has 0 heterocycles. The maximum Gasteiger partial charge on any atom is 0.0695 e. The second-order valence-corrected chi connectivity index (χ2v) is 10.2. The van der Waals surface area contributed by atoms with Crippen LogP contribution in [0, 0.1) is 0 Å². The summed E-state index contributed by atoms with van der Waals surface area (Å²) in [4.78, 5) is 0. The van der Waals surface area contributed by atoms with Gasteiger partial charge in [0.25, 0.3) is 0 Å². The van der Waals surface area contributed by atoms with Crippen molar-refractivity contribution < 1.29 is 9.47 Å². The Bertz CT molecular complexity index is 85.1. The second-order valence-electron chi connectivity index (χ2n) is 3.94. The van der Waals surface area contributed by atoms with Crippen LogP contribution in [-0.4, -0.2) is 43.3 Å². The van der Waals surface area contributed by atoms with Gasteiger partial charge in [-0.05, 0) is 0 Å². The van der Waals surface area contributed by atoms with Gasteiger partial charge in [-0.1, -0.05) is 26.2 Å². The Balaban J connectivity index is 2.91. The maximum atomic E-state index is 5.43. The zero-order valence-corrected chi connectivity index (χ0v) is 11.1. The molecule has 12 heavy (non-hydrogen) atoms. The molecule has 0 aliphatic carbocycles. The van der Waals surface area contributed by atoms with Crippen LogP contribution in [0.2, 0.25) is 26.2 Å². The van der Waals surface area contributed by atoms with Gasteiger partial charge in [-0.25, -0.2) is 0 Å². The molecule has 0 aliphatic rings. The van der Waals surface area contributed by atoms with Gasteiger partial charge in [0.15, 0.2) is 0 Å². The van der Waals surface area contributed by atoms with Crippen LogP contribution in [0.15, 0.2) is 0 Å². The van der Waals surface area contributed by atoms with Crippen LogP contribution in [0.3, 0.4) is 0 Å². The summed E-state index contributed by atoms with van der Waals surface area (Å²) in [5.41, 5.74) is 0. The van der Waals surface area contributed by atoms with Crippen molar-refractivity contribution in [3.05, 3.63) is 0 Å². The van der Waals surface area contributed by atoms with Crippen molar-refractivity contribution in [3.63, 3.8) is 0 Å². The average molecular weight is 206 g/mol. The minimum Gasteiger partial charge on any atom is -0.383 e. The molecular formula is C8H22O2Si2. The third-order valence-electron chi connectivity index (χ3n) is 1.27. The molecule has 0 amide bonds. The molecule has 0 aliphatic heterocycles. The standard InChI is InChI=1S/C8H22O2Si2/c1-11(2)7-9-5-6-10-8-12(3)4/h11-12H,5-8H2,1-4H3. The minimum atomic E-state index is -0.511. The molecule has 74 valence electrons. The lowest BCUT2D eigenvalue weighted by molar-refractivity contribution is 0.0821. The molecule has 0 fully saturated rings. The Hall–Kier alpha value is 0.354. The Morgan fingerprint density at radius 1 is 0.750 bits per heavy atom. The van der Waals surface area contributed by atoms with Gasteiger partial charge in [-0.15, -0.1) is 0 Å². The second kappa shape index (κ2) is 7.98. The lowest BCUT2D eigenvalue weighted by atomic mass is 10.8. The van der Waals surface area contributed by atoms with Gasteiger partial charge < -0.3 is 9.47 Å². The van der Waals surface area contributed by atoms with Gasteiger partial charge >= 0.3 is 0 Å². The van der Waals surface area contributed by atoms with Crippen molar-refractivity contribution in [1.82, 2.24) is 0 Å². The number of rotatable bonds is 7. The van der Waals surface area contributed by atoms with E-state index in [-0.39, 0.29) is 0 Å². The fourth-order valence-electron chi connectivity index (χ4n) is 0.756.